The maximum atomic E-state index is 12.6. The van der Waals surface area contributed by atoms with Crippen LogP contribution in [0.5, 0.6) is 0 Å². The van der Waals surface area contributed by atoms with Crippen LogP contribution in [-0.4, -0.2) is 51.7 Å². The molecule has 1 saturated heterocycles. The largest absolute Gasteiger partial charge is 0.336 e. The van der Waals surface area contributed by atoms with Crippen molar-refractivity contribution in [2.75, 3.05) is 26.2 Å². The lowest BCUT2D eigenvalue weighted by atomic mass is 10.1. The smallest absolute Gasteiger partial charge is 0.257 e. The van der Waals surface area contributed by atoms with Gasteiger partial charge in [0, 0.05) is 45.5 Å². The van der Waals surface area contributed by atoms with E-state index in [1.54, 1.807) is 10.9 Å². The topological polar surface area (TPSA) is 41.4 Å². The molecule has 0 aliphatic carbocycles. The Morgan fingerprint density at radius 3 is 2.52 bits per heavy atom. The van der Waals surface area contributed by atoms with E-state index >= 15 is 0 Å². The summed E-state index contributed by atoms with van der Waals surface area (Å²) in [5.74, 6) is 0.103. The zero-order valence-corrected chi connectivity index (χ0v) is 14.1. The van der Waals surface area contributed by atoms with E-state index in [9.17, 15) is 4.79 Å². The minimum Gasteiger partial charge on any atom is -0.336 e. The first-order valence-corrected chi connectivity index (χ1v) is 8.10. The molecule has 122 valence electrons. The molecule has 0 atom stereocenters. The first-order valence-electron chi connectivity index (χ1n) is 8.10. The molecule has 0 N–H and O–H groups in total. The number of aromatic nitrogens is 2. The van der Waals surface area contributed by atoms with E-state index in [-0.39, 0.29) is 5.91 Å². The fraction of sp³-hybridized carbons (Fsp3) is 0.444. The van der Waals surface area contributed by atoms with E-state index in [4.69, 9.17) is 0 Å². The summed E-state index contributed by atoms with van der Waals surface area (Å²) in [6, 6.07) is 8.63. The highest BCUT2D eigenvalue weighted by molar-refractivity contribution is 5.95. The van der Waals surface area contributed by atoms with E-state index in [2.05, 4.69) is 41.2 Å². The molecule has 1 aliphatic rings. The lowest BCUT2D eigenvalue weighted by molar-refractivity contribution is 0.0627. The maximum absolute atomic E-state index is 12.6. The van der Waals surface area contributed by atoms with Crippen molar-refractivity contribution in [2.24, 2.45) is 7.05 Å². The highest BCUT2D eigenvalue weighted by Crippen LogP contribution is 2.14. The predicted octanol–water partition coefficient (Wildman–Crippen LogP) is 1.99. The molecule has 0 saturated carbocycles. The van der Waals surface area contributed by atoms with Crippen LogP contribution in [0.2, 0.25) is 0 Å². The molecule has 1 aliphatic heterocycles. The summed E-state index contributed by atoms with van der Waals surface area (Å²) in [6.07, 6.45) is 1.68. The lowest BCUT2D eigenvalue weighted by Gasteiger charge is -2.34. The average molecular weight is 312 g/mol. The van der Waals surface area contributed by atoms with Gasteiger partial charge in [-0.1, -0.05) is 29.8 Å². The zero-order valence-electron chi connectivity index (χ0n) is 14.1. The fourth-order valence-corrected chi connectivity index (χ4v) is 3.06. The quantitative estimate of drug-likeness (QED) is 0.870. The van der Waals surface area contributed by atoms with Crippen LogP contribution in [0.25, 0.3) is 0 Å². The monoisotopic (exact) mass is 312 g/mol. The summed E-state index contributed by atoms with van der Waals surface area (Å²) < 4.78 is 1.75. The number of carbonyl (C=O) groups excluding carboxylic acids is 1. The van der Waals surface area contributed by atoms with Crippen LogP contribution in [0.15, 0.2) is 30.5 Å². The van der Waals surface area contributed by atoms with Gasteiger partial charge in [0.2, 0.25) is 0 Å². The third kappa shape index (κ3) is 3.45. The number of benzene rings is 1. The Balaban J connectivity index is 1.58. The van der Waals surface area contributed by atoms with Crippen molar-refractivity contribution in [2.45, 2.75) is 20.4 Å². The summed E-state index contributed by atoms with van der Waals surface area (Å²) in [5, 5.41) is 4.17. The fourth-order valence-electron chi connectivity index (χ4n) is 3.06. The SMILES string of the molecule is Cc1cccc(CN2CCN(C(=O)c3cnn(C)c3C)CC2)c1. The highest BCUT2D eigenvalue weighted by Gasteiger charge is 2.24. The number of piperazine rings is 1. The van der Waals surface area contributed by atoms with Gasteiger partial charge in [0.15, 0.2) is 0 Å². The van der Waals surface area contributed by atoms with Gasteiger partial charge in [-0.2, -0.15) is 5.10 Å². The first-order chi connectivity index (χ1) is 11.0. The van der Waals surface area contributed by atoms with E-state index in [0.717, 1.165) is 44.0 Å². The Morgan fingerprint density at radius 2 is 1.91 bits per heavy atom. The zero-order chi connectivity index (χ0) is 16.4. The standard InChI is InChI=1S/C18H24N4O/c1-14-5-4-6-16(11-14)13-21-7-9-22(10-8-21)18(23)17-12-19-20(3)15(17)2/h4-6,11-12H,7-10,13H2,1-3H3. The lowest BCUT2D eigenvalue weighted by Crippen LogP contribution is -2.48. The Kier molecular flexibility index (Phi) is 4.48. The van der Waals surface area contributed by atoms with Crippen LogP contribution >= 0.6 is 0 Å². The number of nitrogens with zero attached hydrogens (tertiary/aromatic N) is 4. The number of amides is 1. The van der Waals surface area contributed by atoms with Gasteiger partial charge in [-0.3, -0.25) is 14.4 Å². The van der Waals surface area contributed by atoms with Crippen LogP contribution in [-0.2, 0) is 13.6 Å². The van der Waals surface area contributed by atoms with E-state index in [1.807, 2.05) is 18.9 Å². The van der Waals surface area contributed by atoms with Gasteiger partial charge in [-0.25, -0.2) is 0 Å². The van der Waals surface area contributed by atoms with Gasteiger partial charge in [-0.15, -0.1) is 0 Å². The van der Waals surface area contributed by atoms with Crippen LogP contribution in [0.1, 0.15) is 27.2 Å². The molecule has 2 heterocycles. The molecule has 0 bridgehead atoms. The molecule has 1 aromatic heterocycles. The van der Waals surface area contributed by atoms with Gasteiger partial charge in [-0.05, 0) is 19.4 Å². The number of hydrogen-bond donors (Lipinski definition) is 0. The molecule has 5 heteroatoms. The minimum absolute atomic E-state index is 0.103. The van der Waals surface area contributed by atoms with Gasteiger partial charge in [0.25, 0.3) is 5.91 Å². The Morgan fingerprint density at radius 1 is 1.17 bits per heavy atom. The first kappa shape index (κ1) is 15.7. The molecule has 2 aromatic rings. The molecule has 0 radical (unpaired) electrons. The summed E-state index contributed by atoms with van der Waals surface area (Å²) in [7, 11) is 1.87. The second-order valence-electron chi connectivity index (χ2n) is 6.32. The van der Waals surface area contributed by atoms with Crippen LogP contribution < -0.4 is 0 Å². The summed E-state index contributed by atoms with van der Waals surface area (Å²) in [4.78, 5) is 17.0. The van der Waals surface area contributed by atoms with Crippen LogP contribution in [0.4, 0.5) is 0 Å². The summed E-state index contributed by atoms with van der Waals surface area (Å²) >= 11 is 0. The molecular weight excluding hydrogens is 288 g/mol. The van der Waals surface area contributed by atoms with Crippen LogP contribution in [0.3, 0.4) is 0 Å². The Bertz CT molecular complexity index is 699. The number of aryl methyl sites for hydroxylation is 2. The molecular formula is C18H24N4O. The molecule has 0 unspecified atom stereocenters. The normalized spacial score (nSPS) is 15.9. The molecule has 1 amide bonds. The second-order valence-corrected chi connectivity index (χ2v) is 6.32. The molecule has 1 fully saturated rings. The van der Waals surface area contributed by atoms with Crippen molar-refractivity contribution in [3.8, 4) is 0 Å². The van der Waals surface area contributed by atoms with Crippen molar-refractivity contribution in [1.29, 1.82) is 0 Å². The molecule has 1 aromatic carbocycles. The molecule has 0 spiro atoms. The van der Waals surface area contributed by atoms with Gasteiger partial charge in [0.05, 0.1) is 11.8 Å². The maximum Gasteiger partial charge on any atom is 0.257 e. The van der Waals surface area contributed by atoms with Gasteiger partial charge in [0.1, 0.15) is 0 Å². The highest BCUT2D eigenvalue weighted by atomic mass is 16.2. The second kappa shape index (κ2) is 6.54. The number of rotatable bonds is 3. The average Bonchev–Trinajstić information content (AvgIpc) is 2.87. The number of carbonyl (C=O) groups is 1. The van der Waals surface area contributed by atoms with Crippen molar-refractivity contribution >= 4 is 5.91 Å². The van der Waals surface area contributed by atoms with E-state index in [0.29, 0.717) is 0 Å². The van der Waals surface area contributed by atoms with Gasteiger partial charge >= 0.3 is 0 Å². The van der Waals surface area contributed by atoms with E-state index in [1.165, 1.54) is 11.1 Å². The third-order valence-electron chi connectivity index (χ3n) is 4.61. The summed E-state index contributed by atoms with van der Waals surface area (Å²) in [5.41, 5.74) is 4.29. The Hall–Kier alpha value is -2.14. The Labute approximate surface area is 137 Å². The number of hydrogen-bond acceptors (Lipinski definition) is 3. The van der Waals surface area contributed by atoms with Gasteiger partial charge < -0.3 is 4.90 Å². The molecule has 23 heavy (non-hydrogen) atoms. The van der Waals surface area contributed by atoms with Crippen molar-refractivity contribution in [3.63, 3.8) is 0 Å². The summed E-state index contributed by atoms with van der Waals surface area (Å²) in [6.45, 7) is 8.40. The van der Waals surface area contributed by atoms with Crippen LogP contribution in [0, 0.1) is 13.8 Å². The third-order valence-corrected chi connectivity index (χ3v) is 4.61. The predicted molar refractivity (Wildman–Crippen MR) is 90.3 cm³/mol. The van der Waals surface area contributed by atoms with Crippen molar-refractivity contribution < 1.29 is 4.79 Å². The van der Waals surface area contributed by atoms with Crippen molar-refractivity contribution in [3.05, 3.63) is 52.8 Å². The molecule has 3 rings (SSSR count). The minimum atomic E-state index is 0.103. The molecule has 5 nitrogen and oxygen atoms in total. The van der Waals surface area contributed by atoms with E-state index < -0.39 is 0 Å². The van der Waals surface area contributed by atoms with Crippen molar-refractivity contribution in [1.82, 2.24) is 19.6 Å².